The van der Waals surface area contributed by atoms with Gasteiger partial charge in [0.2, 0.25) is 0 Å². The van der Waals surface area contributed by atoms with Gasteiger partial charge in [0.15, 0.2) is 5.17 Å². The summed E-state index contributed by atoms with van der Waals surface area (Å²) in [4.78, 5) is 27.7. The summed E-state index contributed by atoms with van der Waals surface area (Å²) in [5.74, 6) is 0.483. The number of benzene rings is 3. The van der Waals surface area contributed by atoms with E-state index in [2.05, 4.69) is 10.3 Å². The fraction of sp³-hybridized carbons (Fsp3) is 0.120. The zero-order valence-electron chi connectivity index (χ0n) is 18.1. The van der Waals surface area contributed by atoms with Crippen LogP contribution in [0.15, 0.2) is 76.6 Å². The van der Waals surface area contributed by atoms with Gasteiger partial charge in [-0.25, -0.2) is 4.99 Å². The van der Waals surface area contributed by atoms with Crippen LogP contribution in [-0.4, -0.2) is 16.0 Å². The van der Waals surface area contributed by atoms with Crippen LogP contribution in [0.3, 0.4) is 0 Å². The van der Waals surface area contributed by atoms with Crippen molar-refractivity contribution < 1.29 is 14.5 Å². The van der Waals surface area contributed by atoms with Crippen molar-refractivity contribution in [2.45, 2.75) is 20.5 Å². The molecule has 1 saturated heterocycles. The van der Waals surface area contributed by atoms with E-state index in [0.717, 1.165) is 22.4 Å². The topological polar surface area (TPSA) is 93.8 Å². The Balaban J connectivity index is 1.38. The molecule has 0 saturated carbocycles. The molecule has 7 nitrogen and oxygen atoms in total. The molecule has 1 aliphatic heterocycles. The highest BCUT2D eigenvalue weighted by atomic mass is 32.2. The van der Waals surface area contributed by atoms with E-state index in [4.69, 9.17) is 4.74 Å². The number of nitro groups is 1. The summed E-state index contributed by atoms with van der Waals surface area (Å²) in [7, 11) is 0. The van der Waals surface area contributed by atoms with Gasteiger partial charge in [0.25, 0.3) is 11.6 Å². The first-order valence-electron chi connectivity index (χ1n) is 10.2. The van der Waals surface area contributed by atoms with Crippen molar-refractivity contribution in [3.8, 4) is 5.75 Å². The minimum atomic E-state index is -0.432. The lowest BCUT2D eigenvalue weighted by Gasteiger charge is -2.06. The summed E-state index contributed by atoms with van der Waals surface area (Å²) in [5, 5.41) is 14.1. The number of amidine groups is 1. The third-order valence-corrected chi connectivity index (χ3v) is 6.01. The van der Waals surface area contributed by atoms with Crippen molar-refractivity contribution >= 4 is 40.3 Å². The molecule has 0 unspecified atom stereocenters. The van der Waals surface area contributed by atoms with E-state index in [1.54, 1.807) is 12.1 Å². The molecule has 0 bridgehead atoms. The number of nitro benzene ring substituents is 1. The molecular weight excluding hydrogens is 438 g/mol. The molecule has 166 valence electrons. The summed E-state index contributed by atoms with van der Waals surface area (Å²) < 4.78 is 5.75. The largest absolute Gasteiger partial charge is 0.489 e. The average molecular weight is 460 g/mol. The molecule has 0 aromatic heterocycles. The van der Waals surface area contributed by atoms with Crippen LogP contribution in [-0.2, 0) is 11.4 Å². The summed E-state index contributed by atoms with van der Waals surface area (Å²) in [6.07, 6.45) is 1.81. The number of nitrogens with zero attached hydrogens (tertiary/aromatic N) is 2. The summed E-state index contributed by atoms with van der Waals surface area (Å²) in [5.41, 5.74) is 4.90. The molecule has 1 N–H and O–H groups in total. The predicted octanol–water partition coefficient (Wildman–Crippen LogP) is 5.68. The maximum atomic E-state index is 12.3. The maximum Gasteiger partial charge on any atom is 0.269 e. The summed E-state index contributed by atoms with van der Waals surface area (Å²) in [6.45, 7) is 4.38. The Bertz CT molecular complexity index is 1270. The molecule has 0 aliphatic carbocycles. The van der Waals surface area contributed by atoms with E-state index in [-0.39, 0.29) is 11.6 Å². The second-order valence-electron chi connectivity index (χ2n) is 7.53. The molecule has 0 spiro atoms. The summed E-state index contributed by atoms with van der Waals surface area (Å²) >= 11 is 1.30. The van der Waals surface area contributed by atoms with Gasteiger partial charge in [-0.1, -0.05) is 18.2 Å². The standard InChI is InChI=1S/C25H21N3O4S/c1-16-3-8-20(13-17(16)2)26-25-27-24(29)23(33-25)14-18-6-11-22(12-7-18)32-15-19-4-9-21(10-5-19)28(30)31/h3-14H,15H2,1-2H3,(H,26,27,29)/b23-14+. The highest BCUT2D eigenvalue weighted by Crippen LogP contribution is 2.29. The number of aliphatic imine (C=N–C) groups is 1. The van der Waals surface area contributed by atoms with Crippen LogP contribution in [0.4, 0.5) is 11.4 Å². The molecule has 3 aromatic rings. The lowest BCUT2D eigenvalue weighted by Crippen LogP contribution is -2.19. The number of thioether (sulfide) groups is 1. The van der Waals surface area contributed by atoms with Gasteiger partial charge in [0.1, 0.15) is 12.4 Å². The Morgan fingerprint density at radius 3 is 2.42 bits per heavy atom. The fourth-order valence-corrected chi connectivity index (χ4v) is 3.93. The molecular formula is C25H21N3O4S. The number of hydrogen-bond acceptors (Lipinski definition) is 6. The van der Waals surface area contributed by atoms with Crippen molar-refractivity contribution in [2.75, 3.05) is 0 Å². The zero-order valence-corrected chi connectivity index (χ0v) is 18.9. The van der Waals surface area contributed by atoms with E-state index in [1.807, 2.05) is 62.4 Å². The number of ether oxygens (including phenoxy) is 1. The van der Waals surface area contributed by atoms with Crippen molar-refractivity contribution in [1.29, 1.82) is 0 Å². The molecule has 33 heavy (non-hydrogen) atoms. The fourth-order valence-electron chi connectivity index (χ4n) is 3.09. The number of aryl methyl sites for hydroxylation is 2. The molecule has 4 rings (SSSR count). The Labute approximate surface area is 195 Å². The molecule has 1 aliphatic rings. The van der Waals surface area contributed by atoms with Gasteiger partial charge >= 0.3 is 0 Å². The van der Waals surface area contributed by atoms with Crippen LogP contribution in [0.1, 0.15) is 22.3 Å². The van der Waals surface area contributed by atoms with Crippen molar-refractivity contribution in [2.24, 2.45) is 4.99 Å². The number of nitrogens with one attached hydrogen (secondary N) is 1. The van der Waals surface area contributed by atoms with Crippen molar-refractivity contribution in [3.63, 3.8) is 0 Å². The number of rotatable bonds is 6. The second-order valence-corrected chi connectivity index (χ2v) is 8.56. The molecule has 0 atom stereocenters. The summed E-state index contributed by atoms with van der Waals surface area (Å²) in [6, 6.07) is 19.6. The van der Waals surface area contributed by atoms with Crippen LogP contribution in [0, 0.1) is 24.0 Å². The number of carbonyl (C=O) groups is 1. The van der Waals surface area contributed by atoms with E-state index < -0.39 is 4.92 Å². The van der Waals surface area contributed by atoms with Gasteiger partial charge in [0.05, 0.1) is 15.5 Å². The van der Waals surface area contributed by atoms with Crippen LogP contribution >= 0.6 is 11.8 Å². The van der Waals surface area contributed by atoms with Crippen molar-refractivity contribution in [1.82, 2.24) is 5.32 Å². The normalized spacial score (nSPS) is 15.6. The van der Waals surface area contributed by atoms with E-state index in [1.165, 1.54) is 29.5 Å². The smallest absolute Gasteiger partial charge is 0.269 e. The molecule has 8 heteroatoms. The highest BCUT2D eigenvalue weighted by Gasteiger charge is 2.23. The van der Waals surface area contributed by atoms with Crippen LogP contribution in [0.25, 0.3) is 6.08 Å². The average Bonchev–Trinajstić information content (AvgIpc) is 3.14. The van der Waals surface area contributed by atoms with Gasteiger partial charge in [-0.15, -0.1) is 0 Å². The number of carbonyl (C=O) groups excluding carboxylic acids is 1. The lowest BCUT2D eigenvalue weighted by atomic mass is 10.1. The molecule has 0 radical (unpaired) electrons. The zero-order chi connectivity index (χ0) is 23.4. The van der Waals surface area contributed by atoms with E-state index in [9.17, 15) is 14.9 Å². The first kappa shape index (κ1) is 22.3. The van der Waals surface area contributed by atoms with Gasteiger partial charge in [-0.05, 0) is 90.3 Å². The van der Waals surface area contributed by atoms with Gasteiger partial charge < -0.3 is 10.1 Å². The predicted molar refractivity (Wildman–Crippen MR) is 131 cm³/mol. The number of amides is 1. The van der Waals surface area contributed by atoms with Gasteiger partial charge in [-0.3, -0.25) is 14.9 Å². The Hall–Kier alpha value is -3.91. The highest BCUT2D eigenvalue weighted by molar-refractivity contribution is 8.18. The molecule has 1 amide bonds. The molecule has 3 aromatic carbocycles. The Kier molecular flexibility index (Phi) is 6.55. The number of hydrogen-bond donors (Lipinski definition) is 1. The third kappa shape index (κ3) is 5.67. The first-order chi connectivity index (χ1) is 15.9. The molecule has 1 heterocycles. The lowest BCUT2D eigenvalue weighted by molar-refractivity contribution is -0.384. The molecule has 1 fully saturated rings. The Morgan fingerprint density at radius 2 is 1.76 bits per heavy atom. The Morgan fingerprint density at radius 1 is 1.03 bits per heavy atom. The van der Waals surface area contributed by atoms with Crippen LogP contribution in [0.2, 0.25) is 0 Å². The second kappa shape index (κ2) is 9.70. The minimum Gasteiger partial charge on any atom is -0.489 e. The van der Waals surface area contributed by atoms with Crippen LogP contribution in [0.5, 0.6) is 5.75 Å². The van der Waals surface area contributed by atoms with E-state index >= 15 is 0 Å². The first-order valence-corrected chi connectivity index (χ1v) is 11.0. The minimum absolute atomic E-state index is 0.0483. The van der Waals surface area contributed by atoms with Gasteiger partial charge in [-0.2, -0.15) is 0 Å². The SMILES string of the molecule is Cc1ccc(N=C2NC(=O)/C(=C\c3ccc(OCc4ccc([N+](=O)[O-])cc4)cc3)S2)cc1C. The maximum absolute atomic E-state index is 12.3. The quantitative estimate of drug-likeness (QED) is 0.291. The van der Waals surface area contributed by atoms with Crippen LogP contribution < -0.4 is 10.1 Å². The number of non-ortho nitro benzene ring substituents is 1. The van der Waals surface area contributed by atoms with Gasteiger partial charge in [0, 0.05) is 12.1 Å². The van der Waals surface area contributed by atoms with E-state index in [0.29, 0.717) is 22.4 Å². The third-order valence-electron chi connectivity index (χ3n) is 5.10. The monoisotopic (exact) mass is 459 g/mol. The van der Waals surface area contributed by atoms with Crippen molar-refractivity contribution in [3.05, 3.63) is 104 Å².